The minimum Gasteiger partial charge on any atom is -0.480 e. The first-order valence-corrected chi connectivity index (χ1v) is 6.97. The van der Waals surface area contributed by atoms with Crippen molar-refractivity contribution in [1.29, 1.82) is 0 Å². The lowest BCUT2D eigenvalue weighted by molar-refractivity contribution is 0.397. The molecule has 0 bridgehead atoms. The van der Waals surface area contributed by atoms with Gasteiger partial charge >= 0.3 is 0 Å². The van der Waals surface area contributed by atoms with Crippen LogP contribution >= 0.6 is 11.3 Å². The Kier molecular flexibility index (Phi) is 4.49. The van der Waals surface area contributed by atoms with E-state index in [0.717, 1.165) is 21.3 Å². The van der Waals surface area contributed by atoms with Gasteiger partial charge in [-0.15, -0.1) is 6.42 Å². The Balaban J connectivity index is 2.12. The number of methoxy groups -OCH3 is 1. The minimum absolute atomic E-state index is 0.655. The van der Waals surface area contributed by atoms with Gasteiger partial charge in [0, 0.05) is 25.3 Å². The number of ether oxygens (including phenoxy) is 1. The topological polar surface area (TPSA) is 37.4 Å². The van der Waals surface area contributed by atoms with E-state index in [-0.39, 0.29) is 0 Å². The van der Waals surface area contributed by atoms with Crippen LogP contribution in [-0.4, -0.2) is 26.2 Å². The van der Waals surface area contributed by atoms with Crippen LogP contribution in [0.15, 0.2) is 24.3 Å². The van der Waals surface area contributed by atoms with Gasteiger partial charge in [0.05, 0.1) is 18.5 Å². The highest BCUT2D eigenvalue weighted by Crippen LogP contribution is 2.30. The fourth-order valence-corrected chi connectivity index (χ4v) is 2.58. The zero-order valence-electron chi connectivity index (χ0n) is 11.8. The van der Waals surface area contributed by atoms with Crippen molar-refractivity contribution in [1.82, 2.24) is 4.98 Å². The summed E-state index contributed by atoms with van der Waals surface area (Å²) in [7, 11) is 5.56. The van der Waals surface area contributed by atoms with Crippen molar-refractivity contribution in [3.05, 3.63) is 34.7 Å². The average Bonchev–Trinajstić information content (AvgIpc) is 2.89. The quantitative estimate of drug-likeness (QED) is 0.858. The molecule has 1 aromatic heterocycles. The molecular formula is C15H17N3OS. The van der Waals surface area contributed by atoms with Crippen molar-refractivity contribution in [3.8, 4) is 18.2 Å². The van der Waals surface area contributed by atoms with Crippen LogP contribution in [0.1, 0.15) is 10.4 Å². The zero-order chi connectivity index (χ0) is 14.5. The lowest BCUT2D eigenvalue weighted by atomic mass is 10.2. The SMILES string of the molecule is C#Cc1cccc(NCc2sc(N(C)C)nc2OC)c1. The Morgan fingerprint density at radius 3 is 2.90 bits per heavy atom. The Morgan fingerprint density at radius 2 is 2.25 bits per heavy atom. The van der Waals surface area contributed by atoms with Crippen LogP contribution in [0.3, 0.4) is 0 Å². The van der Waals surface area contributed by atoms with Gasteiger partial charge in [-0.3, -0.25) is 0 Å². The number of hydrogen-bond acceptors (Lipinski definition) is 5. The third-order valence-corrected chi connectivity index (χ3v) is 3.91. The van der Waals surface area contributed by atoms with Gasteiger partial charge in [0.1, 0.15) is 0 Å². The molecule has 20 heavy (non-hydrogen) atoms. The summed E-state index contributed by atoms with van der Waals surface area (Å²) in [4.78, 5) is 7.45. The van der Waals surface area contributed by atoms with Crippen LogP contribution in [0, 0.1) is 12.3 Å². The first kappa shape index (κ1) is 14.2. The summed E-state index contributed by atoms with van der Waals surface area (Å²) in [5.74, 6) is 3.29. The van der Waals surface area contributed by atoms with E-state index >= 15 is 0 Å². The molecule has 0 spiro atoms. The summed E-state index contributed by atoms with van der Waals surface area (Å²) in [6, 6.07) is 7.77. The van der Waals surface area contributed by atoms with E-state index in [1.807, 2.05) is 43.3 Å². The molecule has 0 saturated carbocycles. The lowest BCUT2D eigenvalue weighted by Crippen LogP contribution is -2.07. The van der Waals surface area contributed by atoms with Gasteiger partial charge < -0.3 is 15.0 Å². The Bertz CT molecular complexity index is 628. The Morgan fingerprint density at radius 1 is 1.45 bits per heavy atom. The Hall–Kier alpha value is -2.19. The zero-order valence-corrected chi connectivity index (χ0v) is 12.6. The maximum absolute atomic E-state index is 5.40. The highest BCUT2D eigenvalue weighted by molar-refractivity contribution is 7.15. The maximum Gasteiger partial charge on any atom is 0.231 e. The molecule has 0 aliphatic rings. The normalized spacial score (nSPS) is 9.90. The van der Waals surface area contributed by atoms with Crippen LogP contribution in [0.2, 0.25) is 0 Å². The van der Waals surface area contributed by atoms with Crippen molar-refractivity contribution in [2.45, 2.75) is 6.54 Å². The summed E-state index contributed by atoms with van der Waals surface area (Å²) < 4.78 is 5.31. The summed E-state index contributed by atoms with van der Waals surface area (Å²) in [5, 5.41) is 4.27. The third-order valence-electron chi connectivity index (χ3n) is 2.71. The van der Waals surface area contributed by atoms with E-state index in [1.54, 1.807) is 18.4 Å². The summed E-state index contributed by atoms with van der Waals surface area (Å²) in [5.41, 5.74) is 1.85. The predicted molar refractivity (Wildman–Crippen MR) is 84.7 cm³/mol. The van der Waals surface area contributed by atoms with Crippen molar-refractivity contribution >= 4 is 22.2 Å². The van der Waals surface area contributed by atoms with Gasteiger partial charge in [0.2, 0.25) is 5.88 Å². The molecule has 1 heterocycles. The molecule has 0 radical (unpaired) electrons. The smallest absolute Gasteiger partial charge is 0.231 e. The number of thiazole rings is 1. The average molecular weight is 287 g/mol. The summed E-state index contributed by atoms with van der Waals surface area (Å²) in [6.45, 7) is 0.655. The largest absolute Gasteiger partial charge is 0.480 e. The molecule has 1 aromatic carbocycles. The molecule has 104 valence electrons. The van der Waals surface area contributed by atoms with Crippen molar-refractivity contribution < 1.29 is 4.74 Å². The van der Waals surface area contributed by atoms with Gasteiger partial charge in [0.25, 0.3) is 0 Å². The molecule has 5 heteroatoms. The van der Waals surface area contributed by atoms with E-state index in [0.29, 0.717) is 12.4 Å². The second-order valence-electron chi connectivity index (χ2n) is 4.40. The van der Waals surface area contributed by atoms with E-state index in [4.69, 9.17) is 11.2 Å². The van der Waals surface area contributed by atoms with Crippen LogP contribution in [-0.2, 0) is 6.54 Å². The van der Waals surface area contributed by atoms with E-state index < -0.39 is 0 Å². The van der Waals surface area contributed by atoms with E-state index in [9.17, 15) is 0 Å². The summed E-state index contributed by atoms with van der Waals surface area (Å²) >= 11 is 1.61. The molecule has 0 aliphatic carbocycles. The van der Waals surface area contributed by atoms with Gasteiger partial charge in [-0.05, 0) is 18.2 Å². The highest BCUT2D eigenvalue weighted by Gasteiger charge is 2.12. The standard InChI is InChI=1S/C15H17N3OS/c1-5-11-7-6-8-12(9-11)16-10-13-14(19-4)17-15(20-13)18(2)3/h1,6-9,16H,10H2,2-4H3. The number of rotatable bonds is 5. The number of nitrogens with zero attached hydrogens (tertiary/aromatic N) is 2. The van der Waals surface area contributed by atoms with E-state index in [2.05, 4.69) is 16.2 Å². The Labute approximate surface area is 123 Å². The molecule has 0 saturated heterocycles. The van der Waals surface area contributed by atoms with Crippen molar-refractivity contribution in [2.24, 2.45) is 0 Å². The molecule has 4 nitrogen and oxygen atoms in total. The molecule has 0 fully saturated rings. The molecular weight excluding hydrogens is 270 g/mol. The first-order chi connectivity index (χ1) is 9.63. The number of terminal acetylenes is 1. The van der Waals surface area contributed by atoms with Crippen LogP contribution < -0.4 is 15.0 Å². The van der Waals surface area contributed by atoms with Crippen LogP contribution in [0.5, 0.6) is 5.88 Å². The highest BCUT2D eigenvalue weighted by atomic mass is 32.1. The second kappa shape index (κ2) is 6.31. The number of anilines is 2. The van der Waals surface area contributed by atoms with Crippen molar-refractivity contribution in [3.63, 3.8) is 0 Å². The van der Waals surface area contributed by atoms with Gasteiger partial charge in [-0.25, -0.2) is 0 Å². The van der Waals surface area contributed by atoms with Gasteiger partial charge in [-0.2, -0.15) is 4.98 Å². The number of hydrogen-bond donors (Lipinski definition) is 1. The lowest BCUT2D eigenvalue weighted by Gasteiger charge is -2.06. The second-order valence-corrected chi connectivity index (χ2v) is 5.46. The fraction of sp³-hybridized carbons (Fsp3) is 0.267. The fourth-order valence-electron chi connectivity index (χ4n) is 1.69. The number of nitrogens with one attached hydrogen (secondary N) is 1. The molecule has 0 aliphatic heterocycles. The van der Waals surface area contributed by atoms with Gasteiger partial charge in [0.15, 0.2) is 5.13 Å². The molecule has 2 aromatic rings. The number of benzene rings is 1. The molecule has 1 N–H and O–H groups in total. The molecule has 0 amide bonds. The van der Waals surface area contributed by atoms with Crippen LogP contribution in [0.4, 0.5) is 10.8 Å². The van der Waals surface area contributed by atoms with Crippen LogP contribution in [0.25, 0.3) is 0 Å². The van der Waals surface area contributed by atoms with Gasteiger partial charge in [-0.1, -0.05) is 23.3 Å². The maximum atomic E-state index is 5.40. The molecule has 0 unspecified atom stereocenters. The third kappa shape index (κ3) is 3.22. The predicted octanol–water partition coefficient (Wildman–Crippen LogP) is 2.81. The minimum atomic E-state index is 0.655. The monoisotopic (exact) mass is 287 g/mol. The summed E-state index contributed by atoms with van der Waals surface area (Å²) in [6.07, 6.45) is 5.40. The first-order valence-electron chi connectivity index (χ1n) is 6.15. The molecule has 2 rings (SSSR count). The van der Waals surface area contributed by atoms with E-state index in [1.165, 1.54) is 0 Å². The number of aromatic nitrogens is 1. The molecule has 0 atom stereocenters. The van der Waals surface area contributed by atoms with Crippen molar-refractivity contribution in [2.75, 3.05) is 31.4 Å².